The average molecular weight is 430 g/mol. The lowest BCUT2D eigenvalue weighted by Crippen LogP contribution is -2.41. The highest BCUT2D eigenvalue weighted by molar-refractivity contribution is 5.89. The van der Waals surface area contributed by atoms with E-state index in [9.17, 15) is 9.59 Å². The second kappa shape index (κ2) is 10.1. The number of nitrogens with one attached hydrogen (secondary N) is 1. The molecule has 0 radical (unpaired) electrons. The van der Waals surface area contributed by atoms with Crippen LogP contribution < -0.4 is 10.1 Å². The van der Waals surface area contributed by atoms with Crippen molar-refractivity contribution in [3.05, 3.63) is 78.5 Å². The number of anilines is 1. The van der Waals surface area contributed by atoms with Crippen LogP contribution in [0.2, 0.25) is 0 Å². The van der Waals surface area contributed by atoms with Gasteiger partial charge >= 0.3 is 0 Å². The lowest BCUT2D eigenvalue weighted by atomic mass is 9.93. The molecule has 1 fully saturated rings. The number of carbonyl (C=O) groups is 2. The van der Waals surface area contributed by atoms with Crippen LogP contribution >= 0.6 is 0 Å². The van der Waals surface area contributed by atoms with E-state index in [2.05, 4.69) is 5.32 Å². The molecule has 6 nitrogen and oxygen atoms in total. The number of piperidine rings is 1. The van der Waals surface area contributed by atoms with Gasteiger partial charge < -0.3 is 15.0 Å². The molecule has 1 aromatic heterocycles. The van der Waals surface area contributed by atoms with Crippen molar-refractivity contribution in [1.82, 2.24) is 9.88 Å². The third kappa shape index (κ3) is 5.52. The Morgan fingerprint density at radius 1 is 1.06 bits per heavy atom. The molecule has 0 saturated carbocycles. The molecule has 2 aromatic carbocycles. The molecule has 1 saturated heterocycles. The van der Waals surface area contributed by atoms with Crippen LogP contribution in [0.4, 0.5) is 5.69 Å². The lowest BCUT2D eigenvalue weighted by Gasteiger charge is -2.32. The van der Waals surface area contributed by atoms with Crippen LogP contribution in [0.25, 0.3) is 11.3 Å². The van der Waals surface area contributed by atoms with E-state index in [1.54, 1.807) is 0 Å². The van der Waals surface area contributed by atoms with Gasteiger partial charge in [0.2, 0.25) is 5.91 Å². The van der Waals surface area contributed by atoms with Crippen molar-refractivity contribution in [3.63, 3.8) is 0 Å². The first-order valence-electron chi connectivity index (χ1n) is 10.9. The highest BCUT2D eigenvalue weighted by Crippen LogP contribution is 2.28. The first kappa shape index (κ1) is 21.6. The van der Waals surface area contributed by atoms with Crippen LogP contribution in [-0.4, -0.2) is 41.4 Å². The highest BCUT2D eigenvalue weighted by Gasteiger charge is 2.26. The molecule has 0 unspecified atom stereocenters. The maximum absolute atomic E-state index is 12.7. The molecule has 4 rings (SSSR count). The smallest absolute Gasteiger partial charge is 0.260 e. The zero-order chi connectivity index (χ0) is 22.3. The Labute approximate surface area is 188 Å². The quantitative estimate of drug-likeness (QED) is 0.627. The Balaban J connectivity index is 1.43. The molecular weight excluding hydrogens is 402 g/mol. The van der Waals surface area contributed by atoms with Crippen molar-refractivity contribution in [2.24, 2.45) is 0 Å². The van der Waals surface area contributed by atoms with Gasteiger partial charge in [0, 0.05) is 42.9 Å². The predicted molar refractivity (Wildman–Crippen MR) is 124 cm³/mol. The van der Waals surface area contributed by atoms with Crippen LogP contribution in [0.5, 0.6) is 5.75 Å². The number of aromatic nitrogens is 1. The maximum Gasteiger partial charge on any atom is 0.260 e. The fourth-order valence-electron chi connectivity index (χ4n) is 4.00. The van der Waals surface area contributed by atoms with Gasteiger partial charge in [-0.05, 0) is 49.2 Å². The van der Waals surface area contributed by atoms with Gasteiger partial charge in [-0.1, -0.05) is 36.4 Å². The number of benzene rings is 2. The molecule has 0 bridgehead atoms. The molecule has 0 spiro atoms. The molecule has 1 atom stereocenters. The van der Waals surface area contributed by atoms with Crippen LogP contribution in [0.15, 0.2) is 72.8 Å². The SMILES string of the molecule is CC(=O)Nc1cccc(-c2cccc([C@H]3CCCN(C(=O)COc4ccccc4)C3)n2)c1. The Morgan fingerprint density at radius 3 is 2.69 bits per heavy atom. The number of amides is 2. The van der Waals surface area contributed by atoms with E-state index >= 15 is 0 Å². The van der Waals surface area contributed by atoms with Crippen molar-refractivity contribution in [1.29, 1.82) is 0 Å². The predicted octanol–water partition coefficient (Wildman–Crippen LogP) is 4.49. The first-order chi connectivity index (χ1) is 15.6. The van der Waals surface area contributed by atoms with Crippen LogP contribution in [0.3, 0.4) is 0 Å². The van der Waals surface area contributed by atoms with Gasteiger partial charge in [0.05, 0.1) is 5.69 Å². The van der Waals surface area contributed by atoms with Crippen LogP contribution in [-0.2, 0) is 9.59 Å². The number of likely N-dealkylation sites (tertiary alicyclic amines) is 1. The Kier molecular flexibility index (Phi) is 6.80. The van der Waals surface area contributed by atoms with E-state index < -0.39 is 0 Å². The molecule has 164 valence electrons. The van der Waals surface area contributed by atoms with E-state index in [4.69, 9.17) is 9.72 Å². The van der Waals surface area contributed by atoms with Gasteiger partial charge in [-0.3, -0.25) is 14.6 Å². The number of carbonyl (C=O) groups excluding carboxylic acids is 2. The Bertz CT molecular complexity index is 1080. The number of ether oxygens (including phenoxy) is 1. The summed E-state index contributed by atoms with van der Waals surface area (Å²) in [5.74, 6) is 0.776. The topological polar surface area (TPSA) is 71.5 Å². The van der Waals surface area contributed by atoms with E-state index in [1.165, 1.54) is 6.92 Å². The molecular formula is C26H27N3O3. The fraction of sp³-hybridized carbons (Fsp3) is 0.269. The summed E-state index contributed by atoms with van der Waals surface area (Å²) >= 11 is 0. The molecule has 3 aromatic rings. The van der Waals surface area contributed by atoms with E-state index in [0.29, 0.717) is 12.3 Å². The molecule has 0 aliphatic carbocycles. The number of rotatable bonds is 6. The molecule has 2 amide bonds. The minimum atomic E-state index is -0.105. The van der Waals surface area contributed by atoms with Crippen molar-refractivity contribution in [3.8, 4) is 17.0 Å². The highest BCUT2D eigenvalue weighted by atomic mass is 16.5. The normalized spacial score (nSPS) is 15.8. The summed E-state index contributed by atoms with van der Waals surface area (Å²) in [6.07, 6.45) is 1.93. The van der Waals surface area contributed by atoms with Gasteiger partial charge in [-0.2, -0.15) is 0 Å². The average Bonchev–Trinajstić information content (AvgIpc) is 2.83. The van der Waals surface area contributed by atoms with E-state index in [-0.39, 0.29) is 24.3 Å². The Morgan fingerprint density at radius 2 is 1.88 bits per heavy atom. The largest absolute Gasteiger partial charge is 0.484 e. The minimum absolute atomic E-state index is 0.00211. The zero-order valence-corrected chi connectivity index (χ0v) is 18.2. The zero-order valence-electron chi connectivity index (χ0n) is 18.2. The van der Waals surface area contributed by atoms with Crippen molar-refractivity contribution >= 4 is 17.5 Å². The third-order valence-electron chi connectivity index (χ3n) is 5.55. The maximum atomic E-state index is 12.7. The van der Waals surface area contributed by atoms with Crippen molar-refractivity contribution in [2.75, 3.05) is 25.0 Å². The first-order valence-corrected chi connectivity index (χ1v) is 10.9. The molecule has 32 heavy (non-hydrogen) atoms. The van der Waals surface area contributed by atoms with Crippen LogP contribution in [0.1, 0.15) is 31.4 Å². The Hall–Kier alpha value is -3.67. The van der Waals surface area contributed by atoms with E-state index in [0.717, 1.165) is 42.0 Å². The van der Waals surface area contributed by atoms with Gasteiger partial charge in [-0.15, -0.1) is 0 Å². The second-order valence-corrected chi connectivity index (χ2v) is 7.99. The number of hydrogen-bond acceptors (Lipinski definition) is 4. The fourth-order valence-corrected chi connectivity index (χ4v) is 4.00. The number of pyridine rings is 1. The summed E-state index contributed by atoms with van der Waals surface area (Å²) in [4.78, 5) is 30.8. The summed E-state index contributed by atoms with van der Waals surface area (Å²) < 4.78 is 5.64. The van der Waals surface area contributed by atoms with Gasteiger partial charge in [0.25, 0.3) is 5.91 Å². The third-order valence-corrected chi connectivity index (χ3v) is 5.55. The summed E-state index contributed by atoms with van der Waals surface area (Å²) in [6, 6.07) is 23.1. The summed E-state index contributed by atoms with van der Waals surface area (Å²) in [5, 5.41) is 2.81. The summed E-state index contributed by atoms with van der Waals surface area (Å²) in [5.41, 5.74) is 3.52. The lowest BCUT2D eigenvalue weighted by molar-refractivity contribution is -0.134. The minimum Gasteiger partial charge on any atom is -0.484 e. The van der Waals surface area contributed by atoms with Gasteiger partial charge in [0.1, 0.15) is 5.75 Å². The van der Waals surface area contributed by atoms with Crippen molar-refractivity contribution in [2.45, 2.75) is 25.7 Å². The molecule has 1 aliphatic heterocycles. The van der Waals surface area contributed by atoms with Crippen molar-refractivity contribution < 1.29 is 14.3 Å². The molecule has 2 heterocycles. The second-order valence-electron chi connectivity index (χ2n) is 7.99. The molecule has 6 heteroatoms. The summed E-state index contributed by atoms with van der Waals surface area (Å²) in [7, 11) is 0. The van der Waals surface area contributed by atoms with Gasteiger partial charge in [-0.25, -0.2) is 0 Å². The number of nitrogens with zero attached hydrogens (tertiary/aromatic N) is 2. The molecule has 1 N–H and O–H groups in total. The monoisotopic (exact) mass is 429 g/mol. The standard InChI is InChI=1S/C26H27N3O3/c1-19(30)27-22-10-5-8-20(16-22)24-13-6-14-25(28-24)21-9-7-15-29(17-21)26(31)18-32-23-11-3-2-4-12-23/h2-6,8,10-14,16,21H,7,9,15,17-18H2,1H3,(H,27,30)/t21-/m0/s1. The molecule has 1 aliphatic rings. The van der Waals surface area contributed by atoms with E-state index in [1.807, 2.05) is 77.7 Å². The number of hydrogen-bond donors (Lipinski definition) is 1. The summed E-state index contributed by atoms with van der Waals surface area (Å²) in [6.45, 7) is 2.91. The number of para-hydroxylation sites is 1. The van der Waals surface area contributed by atoms with Gasteiger partial charge in [0.15, 0.2) is 6.61 Å². The van der Waals surface area contributed by atoms with Crippen LogP contribution in [0, 0.1) is 0 Å².